The Balaban J connectivity index is 1.81. The van der Waals surface area contributed by atoms with E-state index in [1.54, 1.807) is 25.4 Å². The van der Waals surface area contributed by atoms with Crippen LogP contribution in [0.15, 0.2) is 42.6 Å². The Morgan fingerprint density at radius 2 is 2.12 bits per heavy atom. The Bertz CT molecular complexity index is 712. The summed E-state index contributed by atoms with van der Waals surface area (Å²) < 4.78 is 5.19. The molecule has 1 aliphatic rings. The van der Waals surface area contributed by atoms with Gasteiger partial charge in [-0.2, -0.15) is 0 Å². The predicted octanol–water partition coefficient (Wildman–Crippen LogP) is 2.64. The third-order valence-corrected chi connectivity index (χ3v) is 4.59. The van der Waals surface area contributed by atoms with Crippen LogP contribution in [0.2, 0.25) is 0 Å². The number of carbonyl (C=O) groups excluding carboxylic acids is 1. The van der Waals surface area contributed by atoms with Crippen LogP contribution < -0.4 is 10.1 Å². The topological polar surface area (TPSA) is 71.5 Å². The van der Waals surface area contributed by atoms with E-state index in [4.69, 9.17) is 4.74 Å². The fourth-order valence-electron chi connectivity index (χ4n) is 3.13. The van der Waals surface area contributed by atoms with Crippen molar-refractivity contribution in [2.45, 2.75) is 31.9 Å². The third kappa shape index (κ3) is 3.41. The highest BCUT2D eigenvalue weighted by atomic mass is 16.5. The minimum absolute atomic E-state index is 0.132. The molecule has 2 aromatic rings. The summed E-state index contributed by atoms with van der Waals surface area (Å²) in [4.78, 5) is 17.1. The number of ether oxygens (including phenoxy) is 1. The Morgan fingerprint density at radius 1 is 1.33 bits per heavy atom. The molecule has 24 heavy (non-hydrogen) atoms. The maximum absolute atomic E-state index is 12.7. The van der Waals surface area contributed by atoms with E-state index >= 15 is 0 Å². The Kier molecular flexibility index (Phi) is 4.81. The van der Waals surface area contributed by atoms with Gasteiger partial charge in [-0.15, -0.1) is 0 Å². The number of pyridine rings is 1. The summed E-state index contributed by atoms with van der Waals surface area (Å²) in [7, 11) is 1.60. The van der Waals surface area contributed by atoms with Crippen molar-refractivity contribution in [3.8, 4) is 5.75 Å². The molecule has 1 aromatic carbocycles. The van der Waals surface area contributed by atoms with Crippen molar-refractivity contribution in [1.29, 1.82) is 0 Å². The van der Waals surface area contributed by atoms with Crippen LogP contribution in [0.4, 0.5) is 0 Å². The summed E-state index contributed by atoms with van der Waals surface area (Å²) in [6, 6.07) is 10.9. The van der Waals surface area contributed by atoms with Crippen LogP contribution in [0, 0.1) is 12.8 Å². The van der Waals surface area contributed by atoms with Crippen molar-refractivity contribution in [2.24, 2.45) is 5.92 Å². The number of hydrogen-bond donors (Lipinski definition) is 2. The number of amides is 1. The van der Waals surface area contributed by atoms with E-state index in [0.717, 1.165) is 17.0 Å². The second-order valence-corrected chi connectivity index (χ2v) is 6.27. The van der Waals surface area contributed by atoms with Crippen molar-refractivity contribution in [2.75, 3.05) is 7.11 Å². The van der Waals surface area contributed by atoms with Crippen LogP contribution in [-0.2, 0) is 0 Å². The zero-order valence-corrected chi connectivity index (χ0v) is 13.9. The summed E-state index contributed by atoms with van der Waals surface area (Å²) in [6.07, 6.45) is 2.81. The molecule has 1 atom stereocenters. The standard InChI is InChI=1S/C19H22N2O3/c1-12-9-15(24-2)6-7-16(12)19(23)21-18(13-10-14(22)11-13)17-5-3-4-8-20-17/h3-9,13-14,18,22H,10-11H2,1-2H3,(H,21,23)/t13?,14?,18-/m0/s1. The lowest BCUT2D eigenvalue weighted by atomic mass is 9.76. The molecule has 0 bridgehead atoms. The summed E-state index contributed by atoms with van der Waals surface area (Å²) in [5, 5.41) is 12.7. The van der Waals surface area contributed by atoms with Gasteiger partial charge in [0.05, 0.1) is 24.9 Å². The number of benzene rings is 1. The molecule has 1 heterocycles. The molecule has 0 unspecified atom stereocenters. The monoisotopic (exact) mass is 326 g/mol. The van der Waals surface area contributed by atoms with Gasteiger partial charge in [0.1, 0.15) is 5.75 Å². The first-order chi connectivity index (χ1) is 11.6. The molecule has 3 rings (SSSR count). The van der Waals surface area contributed by atoms with E-state index in [9.17, 15) is 9.90 Å². The number of hydrogen-bond acceptors (Lipinski definition) is 4. The fourth-order valence-corrected chi connectivity index (χ4v) is 3.13. The highest BCUT2D eigenvalue weighted by Gasteiger charge is 2.36. The molecule has 0 aliphatic heterocycles. The lowest BCUT2D eigenvalue weighted by Crippen LogP contribution is -2.41. The maximum atomic E-state index is 12.7. The minimum atomic E-state index is -0.277. The molecule has 2 N–H and O–H groups in total. The van der Waals surface area contributed by atoms with Crippen molar-refractivity contribution < 1.29 is 14.6 Å². The molecule has 1 aliphatic carbocycles. The van der Waals surface area contributed by atoms with E-state index in [0.29, 0.717) is 18.4 Å². The van der Waals surface area contributed by atoms with Gasteiger partial charge >= 0.3 is 0 Å². The predicted molar refractivity (Wildman–Crippen MR) is 90.9 cm³/mol. The number of rotatable bonds is 5. The van der Waals surface area contributed by atoms with E-state index in [-0.39, 0.29) is 24.0 Å². The first-order valence-corrected chi connectivity index (χ1v) is 8.13. The summed E-state index contributed by atoms with van der Waals surface area (Å²) >= 11 is 0. The third-order valence-electron chi connectivity index (χ3n) is 4.59. The highest BCUT2D eigenvalue weighted by Crippen LogP contribution is 2.37. The van der Waals surface area contributed by atoms with E-state index in [1.807, 2.05) is 31.2 Å². The first kappa shape index (κ1) is 16.5. The number of carbonyl (C=O) groups is 1. The average molecular weight is 326 g/mol. The second kappa shape index (κ2) is 7.01. The largest absolute Gasteiger partial charge is 0.497 e. The van der Waals surface area contributed by atoms with Crippen molar-refractivity contribution >= 4 is 5.91 Å². The lowest BCUT2D eigenvalue weighted by Gasteiger charge is -2.37. The van der Waals surface area contributed by atoms with Gasteiger partial charge in [0.15, 0.2) is 0 Å². The molecule has 0 radical (unpaired) electrons. The van der Waals surface area contributed by atoms with Crippen LogP contribution in [0.5, 0.6) is 5.75 Å². The zero-order valence-electron chi connectivity index (χ0n) is 13.9. The number of methoxy groups -OCH3 is 1. The normalized spacial score (nSPS) is 20.8. The lowest BCUT2D eigenvalue weighted by molar-refractivity contribution is 0.0228. The van der Waals surface area contributed by atoms with Crippen LogP contribution in [0.25, 0.3) is 0 Å². The van der Waals surface area contributed by atoms with Crippen molar-refractivity contribution in [3.63, 3.8) is 0 Å². The van der Waals surface area contributed by atoms with Gasteiger partial charge in [-0.05, 0) is 61.6 Å². The number of aliphatic hydroxyl groups excluding tert-OH is 1. The molecular formula is C19H22N2O3. The molecule has 0 spiro atoms. The van der Waals surface area contributed by atoms with Crippen molar-refractivity contribution in [3.05, 3.63) is 59.4 Å². The van der Waals surface area contributed by atoms with Crippen LogP contribution in [-0.4, -0.2) is 29.2 Å². The van der Waals surface area contributed by atoms with E-state index in [2.05, 4.69) is 10.3 Å². The number of nitrogens with one attached hydrogen (secondary N) is 1. The van der Waals surface area contributed by atoms with Gasteiger partial charge in [0.2, 0.25) is 0 Å². The van der Waals surface area contributed by atoms with Gasteiger partial charge < -0.3 is 15.2 Å². The molecule has 1 saturated carbocycles. The SMILES string of the molecule is COc1ccc(C(=O)N[C@H](c2ccccn2)C2CC(O)C2)c(C)c1. The molecule has 1 fully saturated rings. The Morgan fingerprint density at radius 3 is 2.71 bits per heavy atom. The molecule has 0 saturated heterocycles. The van der Waals surface area contributed by atoms with Gasteiger partial charge in [0, 0.05) is 11.8 Å². The number of aromatic nitrogens is 1. The van der Waals surface area contributed by atoms with Gasteiger partial charge in [-0.1, -0.05) is 6.07 Å². The highest BCUT2D eigenvalue weighted by molar-refractivity contribution is 5.96. The van der Waals surface area contributed by atoms with Crippen LogP contribution >= 0.6 is 0 Å². The van der Waals surface area contributed by atoms with E-state index < -0.39 is 0 Å². The Hall–Kier alpha value is -2.40. The molecular weight excluding hydrogens is 304 g/mol. The number of nitrogens with zero attached hydrogens (tertiary/aromatic N) is 1. The summed E-state index contributed by atoms with van der Waals surface area (Å²) in [5.41, 5.74) is 2.31. The summed E-state index contributed by atoms with van der Waals surface area (Å²) in [6.45, 7) is 1.89. The number of aliphatic hydroxyl groups is 1. The molecule has 1 amide bonds. The quantitative estimate of drug-likeness (QED) is 0.886. The number of aryl methyl sites for hydroxylation is 1. The van der Waals surface area contributed by atoms with Gasteiger partial charge in [-0.3, -0.25) is 9.78 Å². The van der Waals surface area contributed by atoms with Gasteiger partial charge in [0.25, 0.3) is 5.91 Å². The maximum Gasteiger partial charge on any atom is 0.252 e. The zero-order chi connectivity index (χ0) is 17.1. The molecule has 126 valence electrons. The first-order valence-electron chi connectivity index (χ1n) is 8.13. The van der Waals surface area contributed by atoms with Crippen LogP contribution in [0.3, 0.4) is 0 Å². The van der Waals surface area contributed by atoms with Crippen molar-refractivity contribution in [1.82, 2.24) is 10.3 Å². The molecule has 5 nitrogen and oxygen atoms in total. The molecule has 5 heteroatoms. The molecule has 1 aromatic heterocycles. The minimum Gasteiger partial charge on any atom is -0.497 e. The fraction of sp³-hybridized carbons (Fsp3) is 0.368. The second-order valence-electron chi connectivity index (χ2n) is 6.27. The average Bonchev–Trinajstić information content (AvgIpc) is 2.57. The van der Waals surface area contributed by atoms with Gasteiger partial charge in [-0.25, -0.2) is 0 Å². The smallest absolute Gasteiger partial charge is 0.252 e. The van der Waals surface area contributed by atoms with Crippen LogP contribution in [0.1, 0.15) is 40.5 Å². The Labute approximate surface area is 141 Å². The van der Waals surface area contributed by atoms with E-state index in [1.165, 1.54) is 0 Å². The summed E-state index contributed by atoms with van der Waals surface area (Å²) in [5.74, 6) is 0.803.